The molecule has 1 aromatic heterocycles. The third-order valence-electron chi connectivity index (χ3n) is 2.44. The van der Waals surface area contributed by atoms with Crippen LogP contribution in [0, 0.1) is 0 Å². The van der Waals surface area contributed by atoms with Crippen LogP contribution in [0.3, 0.4) is 0 Å². The van der Waals surface area contributed by atoms with Crippen LogP contribution in [0.2, 0.25) is 0 Å². The predicted octanol–water partition coefficient (Wildman–Crippen LogP) is 3.78. The Balaban J connectivity index is 2.28. The molecule has 3 nitrogen and oxygen atoms in total. The summed E-state index contributed by atoms with van der Waals surface area (Å²) in [7, 11) is 0. The molecule has 1 heterocycles. The van der Waals surface area contributed by atoms with Crippen molar-refractivity contribution in [2.45, 2.75) is 13.3 Å². The minimum Gasteiger partial charge on any atom is -0.454 e. The molecular weight excluding hydrogens is 280 g/mol. The Morgan fingerprint density at radius 1 is 1.29 bits per heavy atom. The number of nitrogens with zero attached hydrogens (tertiary/aromatic N) is 1. The van der Waals surface area contributed by atoms with E-state index >= 15 is 0 Å². The highest BCUT2D eigenvalue weighted by atomic mass is 79.9. The number of hydrogen-bond donors (Lipinski definition) is 1. The molecule has 17 heavy (non-hydrogen) atoms. The molecule has 0 saturated carbocycles. The average Bonchev–Trinajstić information content (AvgIpc) is 2.34. The van der Waals surface area contributed by atoms with Crippen molar-refractivity contribution in [1.82, 2.24) is 4.98 Å². The maximum absolute atomic E-state index is 5.94. The summed E-state index contributed by atoms with van der Waals surface area (Å²) in [4.78, 5) is 3.98. The van der Waals surface area contributed by atoms with Crippen LogP contribution in [0.1, 0.15) is 12.5 Å². The Bertz CT molecular complexity index is 529. The van der Waals surface area contributed by atoms with Crippen LogP contribution >= 0.6 is 15.9 Å². The summed E-state index contributed by atoms with van der Waals surface area (Å²) in [6.45, 7) is 2.09. The molecule has 2 rings (SSSR count). The lowest BCUT2D eigenvalue weighted by Crippen LogP contribution is -1.94. The zero-order valence-electron chi connectivity index (χ0n) is 9.48. The fourth-order valence-corrected chi connectivity index (χ4v) is 1.81. The molecule has 1 aromatic carbocycles. The van der Waals surface area contributed by atoms with Gasteiger partial charge in [0.05, 0.1) is 10.2 Å². The number of halogens is 1. The molecule has 0 aliphatic heterocycles. The minimum absolute atomic E-state index is 0.646. The van der Waals surface area contributed by atoms with Crippen molar-refractivity contribution in [3.8, 4) is 11.5 Å². The molecule has 0 fully saturated rings. The largest absolute Gasteiger partial charge is 0.454 e. The highest BCUT2D eigenvalue weighted by Crippen LogP contribution is 2.32. The van der Waals surface area contributed by atoms with Crippen LogP contribution < -0.4 is 10.5 Å². The lowest BCUT2D eigenvalue weighted by Gasteiger charge is -2.10. The van der Waals surface area contributed by atoms with Gasteiger partial charge < -0.3 is 10.5 Å². The maximum atomic E-state index is 5.94. The van der Waals surface area contributed by atoms with Crippen LogP contribution in [0.25, 0.3) is 0 Å². The van der Waals surface area contributed by atoms with E-state index in [9.17, 15) is 0 Å². The van der Waals surface area contributed by atoms with Crippen LogP contribution in [0.5, 0.6) is 11.5 Å². The normalized spacial score (nSPS) is 10.2. The number of nitrogen functional groups attached to an aromatic ring is 1. The van der Waals surface area contributed by atoms with Crippen molar-refractivity contribution in [2.75, 3.05) is 5.73 Å². The number of aromatic nitrogens is 1. The minimum atomic E-state index is 0.646. The van der Waals surface area contributed by atoms with Crippen molar-refractivity contribution in [3.05, 3.63) is 46.7 Å². The zero-order valence-corrected chi connectivity index (χ0v) is 11.1. The van der Waals surface area contributed by atoms with E-state index in [-0.39, 0.29) is 0 Å². The first-order valence-electron chi connectivity index (χ1n) is 5.36. The van der Waals surface area contributed by atoms with E-state index in [1.165, 1.54) is 5.56 Å². The van der Waals surface area contributed by atoms with Gasteiger partial charge in [-0.3, -0.25) is 4.98 Å². The van der Waals surface area contributed by atoms with Crippen molar-refractivity contribution in [1.29, 1.82) is 0 Å². The number of anilines is 1. The van der Waals surface area contributed by atoms with Crippen molar-refractivity contribution in [3.63, 3.8) is 0 Å². The van der Waals surface area contributed by atoms with Crippen molar-refractivity contribution >= 4 is 21.6 Å². The standard InChI is InChI=1S/C13H13BrN2O/c1-2-9-3-4-13(11(15)7-9)17-12-5-6-16-8-10(12)14/h3-8H,2,15H2,1H3. The van der Waals surface area contributed by atoms with Gasteiger partial charge in [-0.25, -0.2) is 0 Å². The van der Waals surface area contributed by atoms with Gasteiger partial charge >= 0.3 is 0 Å². The van der Waals surface area contributed by atoms with E-state index in [1.807, 2.05) is 18.2 Å². The molecule has 4 heteroatoms. The third kappa shape index (κ3) is 2.77. The zero-order chi connectivity index (χ0) is 12.3. The smallest absolute Gasteiger partial charge is 0.150 e. The SMILES string of the molecule is CCc1ccc(Oc2ccncc2Br)c(N)c1. The molecule has 0 bridgehead atoms. The Hall–Kier alpha value is -1.55. The van der Waals surface area contributed by atoms with Gasteiger partial charge in [-0.2, -0.15) is 0 Å². The molecule has 0 unspecified atom stereocenters. The predicted molar refractivity (Wildman–Crippen MR) is 72.2 cm³/mol. The summed E-state index contributed by atoms with van der Waals surface area (Å²) in [6, 6.07) is 7.63. The average molecular weight is 293 g/mol. The monoisotopic (exact) mass is 292 g/mol. The van der Waals surface area contributed by atoms with Crippen molar-refractivity contribution < 1.29 is 4.74 Å². The van der Waals surface area contributed by atoms with E-state index in [0.29, 0.717) is 17.2 Å². The summed E-state index contributed by atoms with van der Waals surface area (Å²) in [5, 5.41) is 0. The molecule has 0 aliphatic carbocycles. The first-order chi connectivity index (χ1) is 8.20. The molecule has 0 radical (unpaired) electrons. The van der Waals surface area contributed by atoms with Gasteiger partial charge in [-0.1, -0.05) is 13.0 Å². The van der Waals surface area contributed by atoms with Crippen molar-refractivity contribution in [2.24, 2.45) is 0 Å². The van der Waals surface area contributed by atoms with E-state index in [2.05, 4.69) is 27.8 Å². The number of aryl methyl sites for hydroxylation is 1. The third-order valence-corrected chi connectivity index (χ3v) is 3.03. The van der Waals surface area contributed by atoms with Gasteiger partial charge in [-0.15, -0.1) is 0 Å². The number of pyridine rings is 1. The Kier molecular flexibility index (Phi) is 3.64. The second kappa shape index (κ2) is 5.19. The Labute approximate surface area is 109 Å². The maximum Gasteiger partial charge on any atom is 0.150 e. The van der Waals surface area contributed by atoms with E-state index in [4.69, 9.17) is 10.5 Å². The van der Waals surface area contributed by atoms with Crippen LogP contribution in [-0.4, -0.2) is 4.98 Å². The molecule has 88 valence electrons. The van der Waals surface area contributed by atoms with E-state index < -0.39 is 0 Å². The fraction of sp³-hybridized carbons (Fsp3) is 0.154. The van der Waals surface area contributed by atoms with Crippen LogP contribution in [0.4, 0.5) is 5.69 Å². The molecule has 0 aliphatic rings. The topological polar surface area (TPSA) is 48.1 Å². The molecule has 2 aromatic rings. The summed E-state index contributed by atoms with van der Waals surface area (Å²) < 4.78 is 6.53. The number of ether oxygens (including phenoxy) is 1. The highest BCUT2D eigenvalue weighted by molar-refractivity contribution is 9.10. The van der Waals surface area contributed by atoms with Gasteiger partial charge in [-0.05, 0) is 40.0 Å². The van der Waals surface area contributed by atoms with E-state index in [1.54, 1.807) is 18.5 Å². The number of hydrogen-bond acceptors (Lipinski definition) is 3. The Morgan fingerprint density at radius 2 is 2.12 bits per heavy atom. The molecule has 2 N–H and O–H groups in total. The second-order valence-electron chi connectivity index (χ2n) is 3.63. The van der Waals surface area contributed by atoms with Gasteiger partial charge in [0.1, 0.15) is 11.5 Å². The summed E-state index contributed by atoms with van der Waals surface area (Å²) in [5.41, 5.74) is 7.78. The fourth-order valence-electron chi connectivity index (χ4n) is 1.47. The van der Waals surface area contributed by atoms with Gasteiger partial charge in [0.25, 0.3) is 0 Å². The molecule has 0 amide bonds. The van der Waals surface area contributed by atoms with Gasteiger partial charge in [0.2, 0.25) is 0 Å². The van der Waals surface area contributed by atoms with Gasteiger partial charge in [0, 0.05) is 18.5 Å². The molecule has 0 saturated heterocycles. The van der Waals surface area contributed by atoms with E-state index in [0.717, 1.165) is 10.9 Å². The lowest BCUT2D eigenvalue weighted by molar-refractivity contribution is 0.481. The first kappa shape index (κ1) is 11.9. The molecular formula is C13H13BrN2O. The first-order valence-corrected chi connectivity index (χ1v) is 6.15. The quantitative estimate of drug-likeness (QED) is 0.876. The summed E-state index contributed by atoms with van der Waals surface area (Å²) in [5.74, 6) is 1.37. The number of rotatable bonds is 3. The lowest BCUT2D eigenvalue weighted by atomic mass is 10.1. The molecule has 0 spiro atoms. The summed E-state index contributed by atoms with van der Waals surface area (Å²) in [6.07, 6.45) is 4.33. The number of benzene rings is 1. The van der Waals surface area contributed by atoms with Crippen LogP contribution in [-0.2, 0) is 6.42 Å². The highest BCUT2D eigenvalue weighted by Gasteiger charge is 2.05. The van der Waals surface area contributed by atoms with Crippen LogP contribution in [0.15, 0.2) is 41.1 Å². The number of nitrogens with two attached hydrogens (primary N) is 1. The summed E-state index contributed by atoms with van der Waals surface area (Å²) >= 11 is 3.38. The second-order valence-corrected chi connectivity index (χ2v) is 4.49. The Morgan fingerprint density at radius 3 is 2.76 bits per heavy atom. The molecule has 0 atom stereocenters. The van der Waals surface area contributed by atoms with Gasteiger partial charge in [0.15, 0.2) is 0 Å².